The van der Waals surface area contributed by atoms with Gasteiger partial charge < -0.3 is 0 Å². The topological polar surface area (TPSA) is 37.4 Å². The third kappa shape index (κ3) is 2.80. The summed E-state index contributed by atoms with van der Waals surface area (Å²) >= 11 is 3.56. The Morgan fingerprint density at radius 2 is 1.58 bits per heavy atom. The molecule has 0 radical (unpaired) electrons. The summed E-state index contributed by atoms with van der Waals surface area (Å²) in [5.41, 5.74) is 5.98. The Labute approximate surface area is 152 Å². The van der Waals surface area contributed by atoms with Gasteiger partial charge in [0.1, 0.15) is 0 Å². The van der Waals surface area contributed by atoms with E-state index in [1.54, 1.807) is 12.1 Å². The number of fused-ring (bicyclic) bond motifs is 1. The van der Waals surface area contributed by atoms with Gasteiger partial charge in [0.05, 0.1) is 17.1 Å². The van der Waals surface area contributed by atoms with Crippen molar-refractivity contribution in [2.24, 2.45) is 0 Å². The SMILES string of the molecule is CC1=C(Br)CN(S(=O)(=O)c2ccc(C)cc2)c2c(C)cc(C)cc21. The van der Waals surface area contributed by atoms with E-state index in [-0.39, 0.29) is 0 Å². The van der Waals surface area contributed by atoms with Crippen molar-refractivity contribution in [3.63, 3.8) is 0 Å². The number of benzene rings is 2. The van der Waals surface area contributed by atoms with E-state index >= 15 is 0 Å². The van der Waals surface area contributed by atoms with Crippen LogP contribution < -0.4 is 4.31 Å². The Morgan fingerprint density at radius 1 is 0.958 bits per heavy atom. The molecule has 2 aromatic rings. The Bertz CT molecular complexity index is 944. The van der Waals surface area contributed by atoms with Gasteiger partial charge in [0, 0.05) is 10.0 Å². The summed E-state index contributed by atoms with van der Waals surface area (Å²) in [4.78, 5) is 0.318. The molecule has 1 aliphatic heterocycles. The normalized spacial score (nSPS) is 14.8. The third-order valence-electron chi connectivity index (χ3n) is 4.40. The Balaban J connectivity index is 2.22. The lowest BCUT2D eigenvalue weighted by molar-refractivity contribution is 0.592. The third-order valence-corrected chi connectivity index (χ3v) is 7.00. The first kappa shape index (κ1) is 17.2. The van der Waals surface area contributed by atoms with Gasteiger partial charge in [-0.2, -0.15) is 0 Å². The summed E-state index contributed by atoms with van der Waals surface area (Å²) in [5.74, 6) is 0. The van der Waals surface area contributed by atoms with E-state index in [1.807, 2.05) is 45.9 Å². The molecule has 126 valence electrons. The first-order valence-electron chi connectivity index (χ1n) is 7.78. The molecule has 3 rings (SSSR count). The van der Waals surface area contributed by atoms with Crippen LogP contribution in [0.5, 0.6) is 0 Å². The largest absolute Gasteiger partial charge is 0.264 e. The van der Waals surface area contributed by atoms with Crippen LogP contribution in [0, 0.1) is 20.8 Å². The summed E-state index contributed by atoms with van der Waals surface area (Å²) < 4.78 is 28.9. The number of anilines is 1. The lowest BCUT2D eigenvalue weighted by Crippen LogP contribution is -2.35. The Morgan fingerprint density at radius 3 is 2.21 bits per heavy atom. The van der Waals surface area contributed by atoms with Crippen molar-refractivity contribution < 1.29 is 8.42 Å². The molecule has 24 heavy (non-hydrogen) atoms. The summed E-state index contributed by atoms with van der Waals surface area (Å²) in [6, 6.07) is 11.1. The fourth-order valence-corrected chi connectivity index (χ4v) is 5.24. The molecule has 0 saturated heterocycles. The number of rotatable bonds is 2. The maximum atomic E-state index is 13.2. The average Bonchev–Trinajstić information content (AvgIpc) is 2.51. The van der Waals surface area contributed by atoms with Gasteiger partial charge in [-0.3, -0.25) is 4.31 Å². The summed E-state index contributed by atoms with van der Waals surface area (Å²) in [6.07, 6.45) is 0. The molecule has 0 N–H and O–H groups in total. The van der Waals surface area contributed by atoms with Gasteiger partial charge in [0.25, 0.3) is 10.0 Å². The average molecular weight is 406 g/mol. The van der Waals surface area contributed by atoms with E-state index in [4.69, 9.17) is 0 Å². The molecule has 0 fully saturated rings. The highest BCUT2D eigenvalue weighted by Crippen LogP contribution is 2.42. The van der Waals surface area contributed by atoms with Crippen molar-refractivity contribution in [2.75, 3.05) is 10.8 Å². The predicted octanol–water partition coefficient (Wildman–Crippen LogP) is 4.95. The van der Waals surface area contributed by atoms with Crippen molar-refractivity contribution in [2.45, 2.75) is 32.6 Å². The fraction of sp³-hybridized carbons (Fsp3) is 0.263. The van der Waals surface area contributed by atoms with Crippen LogP contribution in [-0.2, 0) is 10.0 Å². The van der Waals surface area contributed by atoms with Gasteiger partial charge in [-0.15, -0.1) is 0 Å². The van der Waals surface area contributed by atoms with E-state index in [2.05, 4.69) is 22.0 Å². The van der Waals surface area contributed by atoms with Gasteiger partial charge in [-0.25, -0.2) is 8.42 Å². The van der Waals surface area contributed by atoms with E-state index in [9.17, 15) is 8.42 Å². The molecule has 0 aromatic heterocycles. The van der Waals surface area contributed by atoms with Gasteiger partial charge >= 0.3 is 0 Å². The van der Waals surface area contributed by atoms with E-state index in [0.717, 1.165) is 38.0 Å². The molecular weight excluding hydrogens is 386 g/mol. The van der Waals surface area contributed by atoms with Gasteiger partial charge in [-0.1, -0.05) is 45.3 Å². The van der Waals surface area contributed by atoms with Crippen molar-refractivity contribution in [3.05, 3.63) is 63.1 Å². The summed E-state index contributed by atoms with van der Waals surface area (Å²) in [6.45, 7) is 8.29. The van der Waals surface area contributed by atoms with Crippen LogP contribution >= 0.6 is 15.9 Å². The van der Waals surface area contributed by atoms with Crippen LogP contribution in [0.3, 0.4) is 0 Å². The number of nitrogens with zero attached hydrogens (tertiary/aromatic N) is 1. The highest BCUT2D eigenvalue weighted by Gasteiger charge is 2.32. The molecule has 2 aromatic carbocycles. The number of sulfonamides is 1. The summed E-state index contributed by atoms with van der Waals surface area (Å²) in [7, 11) is -3.61. The van der Waals surface area contributed by atoms with Crippen molar-refractivity contribution >= 4 is 37.2 Å². The standard InChI is InChI=1S/C19H20BrNO2S/c1-12-5-7-16(8-6-12)24(22,23)21-11-18(20)15(4)17-10-13(2)9-14(3)19(17)21/h5-10H,11H2,1-4H3. The highest BCUT2D eigenvalue weighted by atomic mass is 79.9. The predicted molar refractivity (Wildman–Crippen MR) is 103 cm³/mol. The minimum atomic E-state index is -3.61. The molecule has 5 heteroatoms. The van der Waals surface area contributed by atoms with Crippen molar-refractivity contribution in [1.82, 2.24) is 0 Å². The molecule has 0 spiro atoms. The second kappa shape index (κ2) is 6.05. The van der Waals surface area contributed by atoms with Crippen LogP contribution in [0.25, 0.3) is 5.57 Å². The van der Waals surface area contributed by atoms with E-state index < -0.39 is 10.0 Å². The molecule has 0 unspecified atom stereocenters. The second-order valence-electron chi connectivity index (χ2n) is 6.33. The van der Waals surface area contributed by atoms with E-state index in [0.29, 0.717) is 11.4 Å². The minimum absolute atomic E-state index is 0.318. The quantitative estimate of drug-likeness (QED) is 0.708. The van der Waals surface area contributed by atoms with Crippen LogP contribution in [0.2, 0.25) is 0 Å². The molecule has 1 aliphatic rings. The van der Waals surface area contributed by atoms with E-state index in [1.165, 1.54) is 4.31 Å². The van der Waals surface area contributed by atoms with Gasteiger partial charge in [0.15, 0.2) is 0 Å². The van der Waals surface area contributed by atoms with Gasteiger partial charge in [-0.05, 0) is 57.0 Å². The Hall–Kier alpha value is -1.59. The highest BCUT2D eigenvalue weighted by molar-refractivity contribution is 9.11. The molecule has 0 bridgehead atoms. The molecule has 0 atom stereocenters. The monoisotopic (exact) mass is 405 g/mol. The van der Waals surface area contributed by atoms with Crippen molar-refractivity contribution in [3.8, 4) is 0 Å². The molecule has 0 aliphatic carbocycles. The smallest absolute Gasteiger partial charge is 0.260 e. The Kier molecular flexibility index (Phi) is 4.34. The summed E-state index contributed by atoms with van der Waals surface area (Å²) in [5, 5.41) is 0. The maximum absolute atomic E-state index is 13.2. The maximum Gasteiger partial charge on any atom is 0.264 e. The zero-order valence-electron chi connectivity index (χ0n) is 14.2. The molecule has 0 saturated carbocycles. The molecule has 0 amide bonds. The van der Waals surface area contributed by atoms with Gasteiger partial charge in [0.2, 0.25) is 0 Å². The minimum Gasteiger partial charge on any atom is -0.260 e. The van der Waals surface area contributed by atoms with Crippen molar-refractivity contribution in [1.29, 1.82) is 0 Å². The zero-order valence-corrected chi connectivity index (χ0v) is 16.6. The van der Waals surface area contributed by atoms with Crippen LogP contribution in [0.15, 0.2) is 45.8 Å². The lowest BCUT2D eigenvalue weighted by atomic mass is 9.96. The first-order chi connectivity index (χ1) is 11.2. The number of hydrogen-bond acceptors (Lipinski definition) is 2. The zero-order chi connectivity index (χ0) is 17.6. The number of allylic oxidation sites excluding steroid dienone is 1. The molecule has 3 nitrogen and oxygen atoms in total. The first-order valence-corrected chi connectivity index (χ1v) is 10.0. The number of halogens is 1. The molecule has 1 heterocycles. The fourth-order valence-electron chi connectivity index (χ4n) is 3.09. The molecular formula is C19H20BrNO2S. The lowest BCUT2D eigenvalue weighted by Gasteiger charge is -2.33. The number of hydrogen-bond donors (Lipinski definition) is 0. The van der Waals surface area contributed by atoms with Crippen LogP contribution in [0.1, 0.15) is 29.2 Å². The van der Waals surface area contributed by atoms with Crippen LogP contribution in [0.4, 0.5) is 5.69 Å². The second-order valence-corrected chi connectivity index (χ2v) is 9.15. The van der Waals surface area contributed by atoms with Crippen LogP contribution in [-0.4, -0.2) is 15.0 Å². The number of aryl methyl sites for hydroxylation is 3.